The summed E-state index contributed by atoms with van der Waals surface area (Å²) in [4.78, 5) is 17.0. The number of hydrogen-bond donors (Lipinski definition) is 1. The first-order valence-corrected chi connectivity index (χ1v) is 9.19. The summed E-state index contributed by atoms with van der Waals surface area (Å²) in [6.45, 7) is 1.80. The van der Waals surface area contributed by atoms with Gasteiger partial charge in [-0.2, -0.15) is 0 Å². The van der Waals surface area contributed by atoms with Crippen molar-refractivity contribution in [3.8, 4) is 5.88 Å². The van der Waals surface area contributed by atoms with Gasteiger partial charge in [0.15, 0.2) is 0 Å². The predicted octanol–water partition coefficient (Wildman–Crippen LogP) is 1.37. The van der Waals surface area contributed by atoms with Gasteiger partial charge in [0.05, 0.1) is 19.3 Å². The van der Waals surface area contributed by atoms with Crippen LogP contribution in [0.2, 0.25) is 0 Å². The fourth-order valence-corrected chi connectivity index (χ4v) is 3.45. The van der Waals surface area contributed by atoms with Gasteiger partial charge in [0.2, 0.25) is 11.7 Å². The van der Waals surface area contributed by atoms with Gasteiger partial charge in [0.25, 0.3) is 5.91 Å². The topological polar surface area (TPSA) is 91.2 Å². The molecule has 1 saturated heterocycles. The van der Waals surface area contributed by atoms with Crippen molar-refractivity contribution >= 4 is 5.91 Å². The second kappa shape index (κ2) is 7.82. The van der Waals surface area contributed by atoms with E-state index in [2.05, 4.69) is 20.5 Å². The Morgan fingerprint density at radius 2 is 2.23 bits per heavy atom. The van der Waals surface area contributed by atoms with E-state index < -0.39 is 0 Å². The van der Waals surface area contributed by atoms with Gasteiger partial charge in [-0.15, -0.1) is 10.2 Å². The number of pyridine rings is 1. The summed E-state index contributed by atoms with van der Waals surface area (Å²) < 4.78 is 13.5. The maximum atomic E-state index is 12.8. The zero-order valence-electron chi connectivity index (χ0n) is 14.6. The molecule has 8 heteroatoms. The van der Waals surface area contributed by atoms with Crippen LogP contribution in [0.3, 0.4) is 0 Å². The number of aromatic nitrogens is 4. The average Bonchev–Trinajstić information content (AvgIpc) is 2.93. The van der Waals surface area contributed by atoms with Crippen LogP contribution >= 0.6 is 0 Å². The van der Waals surface area contributed by atoms with Crippen LogP contribution in [0.15, 0.2) is 24.4 Å². The molecule has 1 N–H and O–H groups in total. The number of rotatable bonds is 4. The maximum Gasteiger partial charge on any atom is 0.289 e. The largest absolute Gasteiger partial charge is 0.472 e. The molecule has 2 atom stereocenters. The molecule has 8 nitrogen and oxygen atoms in total. The third-order valence-corrected chi connectivity index (χ3v) is 4.83. The van der Waals surface area contributed by atoms with Crippen molar-refractivity contribution in [3.05, 3.63) is 36.0 Å². The summed E-state index contributed by atoms with van der Waals surface area (Å²) in [7, 11) is 0. The quantitative estimate of drug-likeness (QED) is 0.889. The van der Waals surface area contributed by atoms with Gasteiger partial charge < -0.3 is 19.4 Å². The molecule has 0 aromatic carbocycles. The first-order chi connectivity index (χ1) is 12.8. The van der Waals surface area contributed by atoms with E-state index in [9.17, 15) is 4.79 Å². The minimum Gasteiger partial charge on any atom is -0.472 e. The fraction of sp³-hybridized carbons (Fsp3) is 0.556. The highest BCUT2D eigenvalue weighted by Gasteiger charge is 2.31. The van der Waals surface area contributed by atoms with Crippen molar-refractivity contribution in [2.45, 2.75) is 50.8 Å². The normalized spacial score (nSPS) is 22.9. The van der Waals surface area contributed by atoms with Crippen molar-refractivity contribution in [3.63, 3.8) is 0 Å². The molecule has 4 rings (SSSR count). The van der Waals surface area contributed by atoms with Crippen molar-refractivity contribution in [1.29, 1.82) is 0 Å². The predicted molar refractivity (Wildman–Crippen MR) is 92.9 cm³/mol. The van der Waals surface area contributed by atoms with Crippen molar-refractivity contribution in [2.75, 3.05) is 13.2 Å². The van der Waals surface area contributed by atoms with E-state index in [1.165, 1.54) is 0 Å². The Labute approximate surface area is 151 Å². The molecule has 4 heterocycles. The molecule has 0 saturated carbocycles. The molecule has 2 aliphatic rings. The van der Waals surface area contributed by atoms with Gasteiger partial charge in [0.1, 0.15) is 11.9 Å². The van der Waals surface area contributed by atoms with E-state index in [1.54, 1.807) is 6.20 Å². The van der Waals surface area contributed by atoms with E-state index in [1.807, 2.05) is 22.8 Å². The molecule has 2 aromatic rings. The van der Waals surface area contributed by atoms with Gasteiger partial charge >= 0.3 is 0 Å². The first-order valence-electron chi connectivity index (χ1n) is 9.19. The fourth-order valence-electron chi connectivity index (χ4n) is 3.45. The molecule has 1 amide bonds. The number of nitrogens with zero attached hydrogens (tertiary/aromatic N) is 4. The molecule has 2 aromatic heterocycles. The Morgan fingerprint density at radius 1 is 1.27 bits per heavy atom. The molecular formula is C18H23N5O3. The van der Waals surface area contributed by atoms with Crippen molar-refractivity contribution in [1.82, 2.24) is 25.1 Å². The van der Waals surface area contributed by atoms with Crippen molar-refractivity contribution in [2.24, 2.45) is 0 Å². The summed E-state index contributed by atoms with van der Waals surface area (Å²) in [5.74, 6) is 1.60. The zero-order chi connectivity index (χ0) is 17.8. The molecule has 0 radical (unpaired) electrons. The van der Waals surface area contributed by atoms with Crippen LogP contribution in [0.25, 0.3) is 0 Å². The number of ether oxygens (including phenoxy) is 2. The van der Waals surface area contributed by atoms with E-state index in [0.717, 1.165) is 38.1 Å². The SMILES string of the molecule is O=C(N[C@@H]1COCC[C@H]1Oc1ccccn1)c1nnc2n1CCCCC2. The second-order valence-corrected chi connectivity index (χ2v) is 6.67. The highest BCUT2D eigenvalue weighted by Crippen LogP contribution is 2.18. The Morgan fingerprint density at radius 3 is 3.12 bits per heavy atom. The molecule has 2 aliphatic heterocycles. The number of nitrogens with one attached hydrogen (secondary N) is 1. The third kappa shape index (κ3) is 3.70. The standard InChI is InChI=1S/C18H23N5O3/c24-18(17-22-21-15-6-2-1-5-10-23(15)17)20-13-12-25-11-8-14(13)26-16-7-3-4-9-19-16/h3-4,7,9,13-14H,1-2,5-6,8,10-12H2,(H,20,24)/t13-,14-/m1/s1. The number of hydrogen-bond acceptors (Lipinski definition) is 6. The molecule has 26 heavy (non-hydrogen) atoms. The molecule has 0 aliphatic carbocycles. The van der Waals surface area contributed by atoms with Gasteiger partial charge in [-0.1, -0.05) is 12.5 Å². The molecule has 0 unspecified atom stereocenters. The lowest BCUT2D eigenvalue weighted by Crippen LogP contribution is -2.52. The number of fused-ring (bicyclic) bond motifs is 1. The number of carbonyl (C=O) groups excluding carboxylic acids is 1. The van der Waals surface area contributed by atoms with Gasteiger partial charge in [0, 0.05) is 31.6 Å². The summed E-state index contributed by atoms with van der Waals surface area (Å²) >= 11 is 0. The highest BCUT2D eigenvalue weighted by molar-refractivity contribution is 5.91. The Bertz CT molecular complexity index is 749. The van der Waals surface area contributed by atoms with E-state index in [0.29, 0.717) is 31.3 Å². The van der Waals surface area contributed by atoms with Crippen LogP contribution in [-0.2, 0) is 17.7 Å². The smallest absolute Gasteiger partial charge is 0.289 e. The number of aryl methyl sites for hydroxylation is 1. The third-order valence-electron chi connectivity index (χ3n) is 4.83. The molecule has 0 bridgehead atoms. The zero-order valence-corrected chi connectivity index (χ0v) is 14.6. The van der Waals surface area contributed by atoms with E-state index >= 15 is 0 Å². The summed E-state index contributed by atoms with van der Waals surface area (Å²) in [5.41, 5.74) is 0. The maximum absolute atomic E-state index is 12.8. The van der Waals surface area contributed by atoms with Crippen LogP contribution < -0.4 is 10.1 Å². The minimum atomic E-state index is -0.253. The summed E-state index contributed by atoms with van der Waals surface area (Å²) in [5, 5.41) is 11.3. The van der Waals surface area contributed by atoms with Crippen LogP contribution in [-0.4, -0.2) is 51.0 Å². The van der Waals surface area contributed by atoms with E-state index in [4.69, 9.17) is 9.47 Å². The van der Waals surface area contributed by atoms with Gasteiger partial charge in [-0.25, -0.2) is 4.98 Å². The molecular weight excluding hydrogens is 334 g/mol. The van der Waals surface area contributed by atoms with Crippen LogP contribution in [0, 0.1) is 0 Å². The lowest BCUT2D eigenvalue weighted by molar-refractivity contribution is -0.00467. The van der Waals surface area contributed by atoms with Crippen molar-refractivity contribution < 1.29 is 14.3 Å². The lowest BCUT2D eigenvalue weighted by atomic mass is 10.1. The summed E-state index contributed by atoms with van der Waals surface area (Å²) in [6, 6.07) is 5.28. The minimum absolute atomic E-state index is 0.186. The second-order valence-electron chi connectivity index (χ2n) is 6.67. The number of amides is 1. The van der Waals surface area contributed by atoms with Crippen LogP contribution in [0.4, 0.5) is 0 Å². The van der Waals surface area contributed by atoms with E-state index in [-0.39, 0.29) is 18.1 Å². The molecule has 1 fully saturated rings. The number of carbonyl (C=O) groups is 1. The average molecular weight is 357 g/mol. The van der Waals surface area contributed by atoms with Gasteiger partial charge in [-0.3, -0.25) is 4.79 Å². The first kappa shape index (κ1) is 17.0. The highest BCUT2D eigenvalue weighted by atomic mass is 16.5. The Balaban J connectivity index is 1.46. The Hall–Kier alpha value is -2.48. The molecule has 138 valence electrons. The molecule has 0 spiro atoms. The van der Waals surface area contributed by atoms with Crippen LogP contribution in [0.1, 0.15) is 42.1 Å². The summed E-state index contributed by atoms with van der Waals surface area (Å²) in [6.07, 6.45) is 6.36. The van der Waals surface area contributed by atoms with Gasteiger partial charge in [-0.05, 0) is 18.9 Å². The Kier molecular flexibility index (Phi) is 5.10. The monoisotopic (exact) mass is 357 g/mol. The van der Waals surface area contributed by atoms with Crippen LogP contribution in [0.5, 0.6) is 5.88 Å². The lowest BCUT2D eigenvalue weighted by Gasteiger charge is -2.31.